The van der Waals surface area contributed by atoms with Crippen molar-refractivity contribution < 1.29 is 4.79 Å². The molecule has 0 N–H and O–H groups in total. The quantitative estimate of drug-likeness (QED) is 0.814. The van der Waals surface area contributed by atoms with Gasteiger partial charge in [0.15, 0.2) is 0 Å². The molecule has 0 aromatic carbocycles. The number of hydrogen-bond donors (Lipinski definition) is 0. The smallest absolute Gasteiger partial charge is 0.227 e. The fourth-order valence-corrected chi connectivity index (χ4v) is 3.37. The molecule has 0 fully saturated rings. The molecule has 3 rings (SSSR count). The van der Waals surface area contributed by atoms with Gasteiger partial charge in [-0.25, -0.2) is 4.98 Å². The van der Waals surface area contributed by atoms with Gasteiger partial charge in [-0.3, -0.25) is 4.79 Å². The van der Waals surface area contributed by atoms with Crippen LogP contribution in [-0.4, -0.2) is 35.4 Å². The van der Waals surface area contributed by atoms with Crippen molar-refractivity contribution >= 4 is 23.1 Å². The second-order valence-corrected chi connectivity index (χ2v) is 6.12. The Morgan fingerprint density at radius 2 is 2.32 bits per heavy atom. The topological polar surface area (TPSA) is 36.4 Å². The number of hydrogen-bond acceptors (Lipinski definition) is 4. The maximum Gasteiger partial charge on any atom is 0.227 e. The van der Waals surface area contributed by atoms with Crippen molar-refractivity contribution in [3.8, 4) is 0 Å². The van der Waals surface area contributed by atoms with Gasteiger partial charge in [-0.15, -0.1) is 6.58 Å². The number of pyridine rings is 1. The van der Waals surface area contributed by atoms with Gasteiger partial charge in [0.05, 0.1) is 6.42 Å². The summed E-state index contributed by atoms with van der Waals surface area (Å²) in [7, 11) is 0. The second kappa shape index (κ2) is 6.75. The normalized spacial score (nSPS) is 14.4. The molecular weight excluding hydrogens is 294 g/mol. The van der Waals surface area contributed by atoms with Crippen molar-refractivity contribution in [3.63, 3.8) is 0 Å². The van der Waals surface area contributed by atoms with Crippen LogP contribution in [0.5, 0.6) is 0 Å². The molecule has 0 aliphatic carbocycles. The number of nitrogens with zero attached hydrogens (tertiary/aromatic N) is 3. The summed E-state index contributed by atoms with van der Waals surface area (Å²) in [6, 6.07) is 5.99. The maximum atomic E-state index is 12.6. The maximum absolute atomic E-state index is 12.6. The summed E-state index contributed by atoms with van der Waals surface area (Å²) >= 11 is 1.63. The number of carbonyl (C=O) groups is 1. The summed E-state index contributed by atoms with van der Waals surface area (Å²) in [6.45, 7) is 6.68. The van der Waals surface area contributed by atoms with E-state index in [1.54, 1.807) is 17.5 Å². The van der Waals surface area contributed by atoms with Crippen molar-refractivity contribution in [2.75, 3.05) is 24.5 Å². The van der Waals surface area contributed by atoms with Crippen LogP contribution in [0.25, 0.3) is 0 Å². The van der Waals surface area contributed by atoms with E-state index < -0.39 is 0 Å². The number of fused-ring (bicyclic) bond motifs is 1. The van der Waals surface area contributed by atoms with Crippen LogP contribution in [0, 0.1) is 0 Å². The number of rotatable bonds is 4. The fraction of sp³-hybridized carbons (Fsp3) is 0.294. The van der Waals surface area contributed by atoms with Gasteiger partial charge in [-0.1, -0.05) is 12.1 Å². The minimum Gasteiger partial charge on any atom is -0.351 e. The van der Waals surface area contributed by atoms with E-state index in [1.165, 1.54) is 0 Å². The minimum absolute atomic E-state index is 0.175. The SMILES string of the molecule is C=CCN1CCN(C(=O)Cc2ccsc2)Cc2cccnc21. The monoisotopic (exact) mass is 313 g/mol. The Bertz CT molecular complexity index is 654. The molecule has 4 nitrogen and oxygen atoms in total. The summed E-state index contributed by atoms with van der Waals surface area (Å²) in [6.07, 6.45) is 4.15. The van der Waals surface area contributed by atoms with Gasteiger partial charge in [0.25, 0.3) is 0 Å². The number of amides is 1. The zero-order valence-corrected chi connectivity index (χ0v) is 13.3. The molecule has 0 saturated heterocycles. The summed E-state index contributed by atoms with van der Waals surface area (Å²) in [5.74, 6) is 1.14. The van der Waals surface area contributed by atoms with Gasteiger partial charge < -0.3 is 9.80 Å². The molecule has 1 amide bonds. The van der Waals surface area contributed by atoms with Crippen molar-refractivity contribution in [2.24, 2.45) is 0 Å². The Morgan fingerprint density at radius 3 is 3.09 bits per heavy atom. The molecule has 0 spiro atoms. The average Bonchev–Trinajstić information content (AvgIpc) is 2.96. The van der Waals surface area contributed by atoms with Crippen LogP contribution in [0.2, 0.25) is 0 Å². The molecule has 22 heavy (non-hydrogen) atoms. The van der Waals surface area contributed by atoms with Crippen molar-refractivity contribution in [3.05, 3.63) is 58.9 Å². The minimum atomic E-state index is 0.175. The Morgan fingerprint density at radius 1 is 1.41 bits per heavy atom. The van der Waals surface area contributed by atoms with E-state index in [1.807, 2.05) is 33.9 Å². The second-order valence-electron chi connectivity index (χ2n) is 5.34. The average molecular weight is 313 g/mol. The highest BCUT2D eigenvalue weighted by atomic mass is 32.1. The van der Waals surface area contributed by atoms with Crippen molar-refractivity contribution in [1.29, 1.82) is 0 Å². The fourth-order valence-electron chi connectivity index (χ4n) is 2.70. The third kappa shape index (κ3) is 3.20. The Hall–Kier alpha value is -2.14. The number of carbonyl (C=O) groups excluding carboxylic acids is 1. The lowest BCUT2D eigenvalue weighted by Crippen LogP contribution is -2.36. The highest BCUT2D eigenvalue weighted by Gasteiger charge is 2.23. The van der Waals surface area contributed by atoms with Crippen LogP contribution >= 0.6 is 11.3 Å². The van der Waals surface area contributed by atoms with Crippen LogP contribution in [0.3, 0.4) is 0 Å². The molecule has 1 aliphatic rings. The Labute approximate surface area is 134 Å². The van der Waals surface area contributed by atoms with Crippen molar-refractivity contribution in [2.45, 2.75) is 13.0 Å². The lowest BCUT2D eigenvalue weighted by atomic mass is 10.2. The first kappa shape index (κ1) is 14.8. The third-order valence-electron chi connectivity index (χ3n) is 3.81. The van der Waals surface area contributed by atoms with Gasteiger partial charge in [0.1, 0.15) is 5.82 Å². The summed E-state index contributed by atoms with van der Waals surface area (Å²) < 4.78 is 0. The molecular formula is C17H19N3OS. The number of thiophene rings is 1. The number of anilines is 1. The van der Waals surface area contributed by atoms with E-state index in [0.29, 0.717) is 19.5 Å². The van der Waals surface area contributed by atoms with E-state index in [4.69, 9.17) is 0 Å². The van der Waals surface area contributed by atoms with Crippen LogP contribution in [0.1, 0.15) is 11.1 Å². The summed E-state index contributed by atoms with van der Waals surface area (Å²) in [4.78, 5) is 21.2. The predicted octanol–water partition coefficient (Wildman–Crippen LogP) is 2.72. The predicted molar refractivity (Wildman–Crippen MR) is 90.1 cm³/mol. The van der Waals surface area contributed by atoms with Crippen molar-refractivity contribution in [1.82, 2.24) is 9.88 Å². The third-order valence-corrected chi connectivity index (χ3v) is 4.54. The van der Waals surface area contributed by atoms with Gasteiger partial charge in [-0.05, 0) is 28.5 Å². The van der Waals surface area contributed by atoms with E-state index in [0.717, 1.165) is 30.0 Å². The first-order valence-electron chi connectivity index (χ1n) is 7.36. The Kier molecular flexibility index (Phi) is 4.53. The lowest BCUT2D eigenvalue weighted by Gasteiger charge is -2.22. The van der Waals surface area contributed by atoms with Crippen LogP contribution in [0.15, 0.2) is 47.8 Å². The molecule has 0 radical (unpaired) electrons. The van der Waals surface area contributed by atoms with Gasteiger partial charge in [0.2, 0.25) is 5.91 Å². The lowest BCUT2D eigenvalue weighted by molar-refractivity contribution is -0.130. The number of aromatic nitrogens is 1. The molecule has 0 unspecified atom stereocenters. The molecule has 114 valence electrons. The van der Waals surface area contributed by atoms with E-state index in [2.05, 4.69) is 22.5 Å². The van der Waals surface area contributed by atoms with E-state index >= 15 is 0 Å². The Balaban J connectivity index is 1.79. The van der Waals surface area contributed by atoms with E-state index in [-0.39, 0.29) is 5.91 Å². The first-order chi connectivity index (χ1) is 10.8. The van der Waals surface area contributed by atoms with Gasteiger partial charge in [0, 0.05) is 37.9 Å². The van der Waals surface area contributed by atoms with Crippen LogP contribution in [0.4, 0.5) is 5.82 Å². The molecule has 0 saturated carbocycles. The standard InChI is InChI=1S/C17H19N3OS/c1-2-7-19-8-9-20(12-15-4-3-6-18-17(15)19)16(21)11-14-5-10-22-13-14/h2-6,10,13H,1,7-9,11-12H2. The van der Waals surface area contributed by atoms with Crippen LogP contribution < -0.4 is 4.90 Å². The van der Waals surface area contributed by atoms with Gasteiger partial charge >= 0.3 is 0 Å². The summed E-state index contributed by atoms with van der Waals surface area (Å²) in [5, 5.41) is 4.05. The molecule has 0 bridgehead atoms. The summed E-state index contributed by atoms with van der Waals surface area (Å²) in [5.41, 5.74) is 2.19. The zero-order chi connectivity index (χ0) is 15.4. The first-order valence-corrected chi connectivity index (χ1v) is 8.31. The molecule has 0 atom stereocenters. The molecule has 5 heteroatoms. The molecule has 1 aliphatic heterocycles. The molecule has 3 heterocycles. The van der Waals surface area contributed by atoms with Crippen LogP contribution in [-0.2, 0) is 17.8 Å². The highest BCUT2D eigenvalue weighted by molar-refractivity contribution is 7.07. The highest BCUT2D eigenvalue weighted by Crippen LogP contribution is 2.23. The molecule has 2 aromatic rings. The largest absolute Gasteiger partial charge is 0.351 e. The van der Waals surface area contributed by atoms with Gasteiger partial charge in [-0.2, -0.15) is 11.3 Å². The zero-order valence-electron chi connectivity index (χ0n) is 12.4. The molecule has 2 aromatic heterocycles. The van der Waals surface area contributed by atoms with E-state index in [9.17, 15) is 4.79 Å².